The average molecular weight is 259 g/mol. The van der Waals surface area contributed by atoms with E-state index in [2.05, 4.69) is 5.32 Å². The van der Waals surface area contributed by atoms with Crippen molar-refractivity contribution in [1.82, 2.24) is 10.2 Å². The second-order valence-electron chi connectivity index (χ2n) is 4.43. The van der Waals surface area contributed by atoms with Crippen LogP contribution < -0.4 is 11.1 Å². The van der Waals surface area contributed by atoms with Gasteiger partial charge in [-0.2, -0.15) is 0 Å². The van der Waals surface area contributed by atoms with Gasteiger partial charge in [0.05, 0.1) is 19.1 Å². The largest absolute Gasteiger partial charge is 0.380 e. The van der Waals surface area contributed by atoms with Gasteiger partial charge >= 0.3 is 0 Å². The normalized spacial score (nSPS) is 12.3. The third-order valence-electron chi connectivity index (χ3n) is 2.52. The summed E-state index contributed by atoms with van der Waals surface area (Å²) < 4.78 is 5.06. The van der Waals surface area contributed by atoms with Gasteiger partial charge in [-0.3, -0.25) is 9.59 Å². The van der Waals surface area contributed by atoms with Crippen LogP contribution in [0.4, 0.5) is 0 Å². The molecule has 0 saturated heterocycles. The van der Waals surface area contributed by atoms with E-state index in [9.17, 15) is 9.59 Å². The van der Waals surface area contributed by atoms with Crippen molar-refractivity contribution >= 4 is 11.8 Å². The summed E-state index contributed by atoms with van der Waals surface area (Å²) >= 11 is 0. The SMILES string of the molecule is CCN(CC(=O)NC(C)C)C(=O)CC(CN)OC. The minimum atomic E-state index is -0.292. The minimum Gasteiger partial charge on any atom is -0.380 e. The summed E-state index contributed by atoms with van der Waals surface area (Å²) in [5.41, 5.74) is 5.47. The molecule has 0 heterocycles. The van der Waals surface area contributed by atoms with Crippen LogP contribution in [0.2, 0.25) is 0 Å². The van der Waals surface area contributed by atoms with Crippen LogP contribution >= 0.6 is 0 Å². The molecule has 0 aromatic rings. The lowest BCUT2D eigenvalue weighted by Crippen LogP contribution is -2.44. The first kappa shape index (κ1) is 16.9. The van der Waals surface area contributed by atoms with Gasteiger partial charge in [-0.05, 0) is 20.8 Å². The van der Waals surface area contributed by atoms with Gasteiger partial charge in [-0.15, -0.1) is 0 Å². The number of rotatable bonds is 8. The van der Waals surface area contributed by atoms with Gasteiger partial charge in [-0.25, -0.2) is 0 Å². The molecule has 0 aliphatic rings. The predicted octanol–water partition coefficient (Wildman–Crippen LogP) is -0.277. The van der Waals surface area contributed by atoms with Crippen LogP contribution in [0, 0.1) is 0 Å². The molecule has 0 spiro atoms. The number of nitrogens with zero attached hydrogens (tertiary/aromatic N) is 1. The van der Waals surface area contributed by atoms with E-state index in [0.29, 0.717) is 6.54 Å². The summed E-state index contributed by atoms with van der Waals surface area (Å²) in [6, 6.07) is 0.0714. The van der Waals surface area contributed by atoms with Gasteiger partial charge in [0.1, 0.15) is 0 Å². The molecule has 0 fully saturated rings. The number of carbonyl (C=O) groups excluding carboxylic acids is 2. The molecule has 0 rings (SSSR count). The Balaban J connectivity index is 4.31. The summed E-state index contributed by atoms with van der Waals surface area (Å²) in [5, 5.41) is 2.75. The van der Waals surface area contributed by atoms with Gasteiger partial charge < -0.3 is 20.7 Å². The second-order valence-corrected chi connectivity index (χ2v) is 4.43. The van der Waals surface area contributed by atoms with Crippen molar-refractivity contribution in [3.05, 3.63) is 0 Å². The molecule has 2 amide bonds. The van der Waals surface area contributed by atoms with Gasteiger partial charge in [0.25, 0.3) is 0 Å². The molecule has 3 N–H and O–H groups in total. The second kappa shape index (κ2) is 8.88. The Kier molecular flexibility index (Phi) is 8.32. The topological polar surface area (TPSA) is 84.7 Å². The predicted molar refractivity (Wildman–Crippen MR) is 70.0 cm³/mol. The number of hydrogen-bond donors (Lipinski definition) is 2. The Bertz CT molecular complexity index is 265. The number of nitrogens with one attached hydrogen (secondary N) is 1. The first-order valence-electron chi connectivity index (χ1n) is 6.24. The summed E-state index contributed by atoms with van der Waals surface area (Å²) in [6.07, 6.45) is -0.0878. The third-order valence-corrected chi connectivity index (χ3v) is 2.52. The maximum Gasteiger partial charge on any atom is 0.239 e. The van der Waals surface area contributed by atoms with Crippen molar-refractivity contribution in [3.8, 4) is 0 Å². The molecular weight excluding hydrogens is 234 g/mol. The zero-order chi connectivity index (χ0) is 14.1. The van der Waals surface area contributed by atoms with Crippen molar-refractivity contribution in [2.24, 2.45) is 5.73 Å². The number of hydrogen-bond acceptors (Lipinski definition) is 4. The quantitative estimate of drug-likeness (QED) is 0.628. The van der Waals surface area contributed by atoms with E-state index >= 15 is 0 Å². The Morgan fingerprint density at radius 3 is 2.39 bits per heavy atom. The summed E-state index contributed by atoms with van der Waals surface area (Å²) in [5.74, 6) is -0.268. The molecule has 18 heavy (non-hydrogen) atoms. The highest BCUT2D eigenvalue weighted by molar-refractivity contribution is 5.85. The highest BCUT2D eigenvalue weighted by Crippen LogP contribution is 2.01. The maximum atomic E-state index is 11.9. The molecule has 106 valence electrons. The lowest BCUT2D eigenvalue weighted by atomic mass is 10.2. The van der Waals surface area contributed by atoms with Crippen LogP contribution in [0.5, 0.6) is 0 Å². The van der Waals surface area contributed by atoms with Crippen molar-refractivity contribution in [2.45, 2.75) is 39.3 Å². The minimum absolute atomic E-state index is 0.0714. The molecule has 1 unspecified atom stereocenters. The van der Waals surface area contributed by atoms with Crippen molar-refractivity contribution in [3.63, 3.8) is 0 Å². The molecule has 0 aliphatic heterocycles. The fourth-order valence-electron chi connectivity index (χ4n) is 1.50. The first-order chi connectivity index (χ1) is 8.44. The Morgan fingerprint density at radius 2 is 2.00 bits per heavy atom. The van der Waals surface area contributed by atoms with Crippen LogP contribution in [0.3, 0.4) is 0 Å². The standard InChI is InChI=1S/C12H25N3O3/c1-5-15(8-11(16)14-9(2)3)12(17)6-10(7-13)18-4/h9-10H,5-8,13H2,1-4H3,(H,14,16). The molecule has 0 radical (unpaired) electrons. The van der Waals surface area contributed by atoms with E-state index < -0.39 is 0 Å². The zero-order valence-electron chi connectivity index (χ0n) is 11.7. The lowest BCUT2D eigenvalue weighted by molar-refractivity contribution is -0.137. The van der Waals surface area contributed by atoms with Crippen molar-refractivity contribution < 1.29 is 14.3 Å². The fourth-order valence-corrected chi connectivity index (χ4v) is 1.50. The number of carbonyl (C=O) groups is 2. The molecule has 0 saturated carbocycles. The molecule has 6 heteroatoms. The number of methoxy groups -OCH3 is 1. The van der Waals surface area contributed by atoms with Crippen LogP contribution in [0.1, 0.15) is 27.2 Å². The molecule has 0 aromatic heterocycles. The van der Waals surface area contributed by atoms with E-state index in [-0.39, 0.29) is 43.5 Å². The van der Waals surface area contributed by atoms with Crippen LogP contribution in [-0.2, 0) is 14.3 Å². The third kappa shape index (κ3) is 6.56. The molecule has 0 aliphatic carbocycles. The number of amides is 2. The average Bonchev–Trinajstić information content (AvgIpc) is 2.31. The van der Waals surface area contributed by atoms with Crippen LogP contribution in [0.25, 0.3) is 0 Å². The zero-order valence-corrected chi connectivity index (χ0v) is 11.7. The van der Waals surface area contributed by atoms with E-state index in [1.165, 1.54) is 12.0 Å². The molecular formula is C12H25N3O3. The Hall–Kier alpha value is -1.14. The number of ether oxygens (including phenoxy) is 1. The highest BCUT2D eigenvalue weighted by Gasteiger charge is 2.19. The number of likely N-dealkylation sites (N-methyl/N-ethyl adjacent to an activating group) is 1. The van der Waals surface area contributed by atoms with Crippen molar-refractivity contribution in [1.29, 1.82) is 0 Å². The van der Waals surface area contributed by atoms with Gasteiger partial charge in [0, 0.05) is 26.2 Å². The summed E-state index contributed by atoms with van der Waals surface area (Å²) in [7, 11) is 1.52. The van der Waals surface area contributed by atoms with Gasteiger partial charge in [0.2, 0.25) is 11.8 Å². The van der Waals surface area contributed by atoms with Crippen LogP contribution in [0.15, 0.2) is 0 Å². The molecule has 1 atom stereocenters. The monoisotopic (exact) mass is 259 g/mol. The maximum absolute atomic E-state index is 11.9. The van der Waals surface area contributed by atoms with E-state index in [0.717, 1.165) is 0 Å². The Morgan fingerprint density at radius 1 is 1.39 bits per heavy atom. The molecule has 0 bridgehead atoms. The van der Waals surface area contributed by atoms with Gasteiger partial charge in [0.15, 0.2) is 0 Å². The van der Waals surface area contributed by atoms with Crippen molar-refractivity contribution in [2.75, 3.05) is 26.7 Å². The Labute approximate surface area is 109 Å². The smallest absolute Gasteiger partial charge is 0.239 e. The van der Waals surface area contributed by atoms with E-state index in [1.54, 1.807) is 0 Å². The first-order valence-corrected chi connectivity index (χ1v) is 6.24. The molecule has 0 aromatic carbocycles. The van der Waals surface area contributed by atoms with Gasteiger partial charge in [-0.1, -0.05) is 0 Å². The highest BCUT2D eigenvalue weighted by atomic mass is 16.5. The fraction of sp³-hybridized carbons (Fsp3) is 0.833. The lowest BCUT2D eigenvalue weighted by Gasteiger charge is -2.23. The van der Waals surface area contributed by atoms with E-state index in [4.69, 9.17) is 10.5 Å². The summed E-state index contributed by atoms with van der Waals surface area (Å²) in [6.45, 7) is 6.46. The van der Waals surface area contributed by atoms with Crippen LogP contribution in [-0.4, -0.2) is 55.6 Å². The number of nitrogens with two attached hydrogens (primary N) is 1. The molecule has 6 nitrogen and oxygen atoms in total. The van der Waals surface area contributed by atoms with E-state index in [1.807, 2.05) is 20.8 Å². The summed E-state index contributed by atoms with van der Waals surface area (Å²) in [4.78, 5) is 25.0.